The van der Waals surface area contributed by atoms with Gasteiger partial charge in [0.1, 0.15) is 5.65 Å². The summed E-state index contributed by atoms with van der Waals surface area (Å²) in [4.78, 5) is 20.4. The molecule has 1 atom stereocenters. The van der Waals surface area contributed by atoms with Gasteiger partial charge in [0.2, 0.25) is 0 Å². The monoisotopic (exact) mass is 353 g/mol. The SMILES string of the molecule is NC1CCCN(c2c(Br)cnc3[nH]cc(NC(=O)O)c23)C1. The number of amides is 1. The van der Waals surface area contributed by atoms with Gasteiger partial charge in [0.05, 0.1) is 21.2 Å². The van der Waals surface area contributed by atoms with E-state index in [9.17, 15) is 4.79 Å². The second-order valence-electron chi connectivity index (χ2n) is 5.16. The van der Waals surface area contributed by atoms with Crippen molar-refractivity contribution in [3.63, 3.8) is 0 Å². The summed E-state index contributed by atoms with van der Waals surface area (Å²) >= 11 is 3.52. The normalized spacial score (nSPS) is 19.0. The van der Waals surface area contributed by atoms with Crippen molar-refractivity contribution >= 4 is 44.4 Å². The Balaban J connectivity index is 2.12. The summed E-state index contributed by atoms with van der Waals surface area (Å²) in [5.41, 5.74) is 8.14. The predicted molar refractivity (Wildman–Crippen MR) is 84.9 cm³/mol. The first-order valence-corrected chi connectivity index (χ1v) is 7.51. The summed E-state index contributed by atoms with van der Waals surface area (Å²) < 4.78 is 0.831. The van der Waals surface area contributed by atoms with E-state index >= 15 is 0 Å². The minimum absolute atomic E-state index is 0.128. The number of hydrogen-bond acceptors (Lipinski definition) is 4. The largest absolute Gasteiger partial charge is 0.465 e. The highest BCUT2D eigenvalue weighted by molar-refractivity contribution is 9.10. The van der Waals surface area contributed by atoms with Crippen LogP contribution >= 0.6 is 15.9 Å². The Labute approximate surface area is 129 Å². The highest BCUT2D eigenvalue weighted by atomic mass is 79.9. The Kier molecular flexibility index (Phi) is 3.73. The molecule has 3 heterocycles. The molecule has 1 fully saturated rings. The van der Waals surface area contributed by atoms with Gasteiger partial charge in [-0.25, -0.2) is 9.78 Å². The summed E-state index contributed by atoms with van der Waals surface area (Å²) in [6.45, 7) is 1.64. The van der Waals surface area contributed by atoms with Gasteiger partial charge in [0.25, 0.3) is 0 Å². The second-order valence-corrected chi connectivity index (χ2v) is 6.01. The van der Waals surface area contributed by atoms with E-state index in [-0.39, 0.29) is 6.04 Å². The van der Waals surface area contributed by atoms with Crippen molar-refractivity contribution in [1.29, 1.82) is 0 Å². The molecule has 1 saturated heterocycles. The Bertz CT molecular complexity index is 686. The van der Waals surface area contributed by atoms with E-state index in [4.69, 9.17) is 10.8 Å². The van der Waals surface area contributed by atoms with Crippen LogP contribution in [-0.4, -0.2) is 40.3 Å². The summed E-state index contributed by atoms with van der Waals surface area (Å²) in [6.07, 6.45) is 4.26. The third-order valence-corrected chi connectivity index (χ3v) is 4.23. The molecule has 0 spiro atoms. The average Bonchev–Trinajstić information content (AvgIpc) is 2.81. The second kappa shape index (κ2) is 5.53. The van der Waals surface area contributed by atoms with Crippen LogP contribution in [0.2, 0.25) is 0 Å². The molecule has 1 unspecified atom stereocenters. The Hall–Kier alpha value is -1.80. The van der Waals surface area contributed by atoms with Crippen molar-refractivity contribution in [2.45, 2.75) is 18.9 Å². The topological polar surface area (TPSA) is 107 Å². The first kappa shape index (κ1) is 14.2. The number of nitrogens with two attached hydrogens (primary N) is 1. The summed E-state index contributed by atoms with van der Waals surface area (Å²) in [7, 11) is 0. The number of fused-ring (bicyclic) bond motifs is 1. The molecule has 0 aromatic carbocycles. The first-order chi connectivity index (χ1) is 10.1. The van der Waals surface area contributed by atoms with Crippen LogP contribution in [-0.2, 0) is 0 Å². The Morgan fingerprint density at radius 2 is 2.43 bits per heavy atom. The minimum Gasteiger partial charge on any atom is -0.465 e. The number of pyridine rings is 1. The molecule has 0 radical (unpaired) electrons. The average molecular weight is 354 g/mol. The number of carbonyl (C=O) groups is 1. The molecule has 1 aliphatic heterocycles. The van der Waals surface area contributed by atoms with Gasteiger partial charge >= 0.3 is 6.09 Å². The molecule has 0 saturated carbocycles. The summed E-state index contributed by atoms with van der Waals surface area (Å²) in [5.74, 6) is 0. The van der Waals surface area contributed by atoms with Crippen LogP contribution in [0.3, 0.4) is 0 Å². The zero-order valence-corrected chi connectivity index (χ0v) is 12.9. The molecule has 2 aromatic rings. The van der Waals surface area contributed by atoms with Crippen molar-refractivity contribution in [2.24, 2.45) is 5.73 Å². The number of H-pyrrole nitrogens is 1. The van der Waals surface area contributed by atoms with E-state index in [1.807, 2.05) is 0 Å². The zero-order valence-electron chi connectivity index (χ0n) is 11.3. The van der Waals surface area contributed by atoms with Crippen molar-refractivity contribution in [3.05, 3.63) is 16.9 Å². The van der Waals surface area contributed by atoms with Gasteiger partial charge in [-0.2, -0.15) is 0 Å². The number of aromatic amines is 1. The number of piperidine rings is 1. The molecule has 0 aliphatic carbocycles. The third-order valence-electron chi connectivity index (χ3n) is 3.65. The van der Waals surface area contributed by atoms with Crippen LogP contribution in [0.5, 0.6) is 0 Å². The molecule has 7 nitrogen and oxygen atoms in total. The maximum Gasteiger partial charge on any atom is 0.409 e. The minimum atomic E-state index is -1.10. The standard InChI is InChI=1S/C13H16BrN5O2/c14-8-4-16-12-10(9(5-17-12)18-13(20)21)11(8)19-3-1-2-7(15)6-19/h4-5,7,18H,1-3,6,15H2,(H,16,17)(H,20,21). The van der Waals surface area contributed by atoms with E-state index in [0.717, 1.165) is 41.5 Å². The van der Waals surface area contributed by atoms with E-state index < -0.39 is 6.09 Å². The number of hydrogen-bond donors (Lipinski definition) is 4. The molecule has 2 aromatic heterocycles. The molecule has 112 valence electrons. The van der Waals surface area contributed by atoms with E-state index in [1.165, 1.54) is 0 Å². The number of carboxylic acid groups (broad SMARTS) is 1. The quantitative estimate of drug-likeness (QED) is 0.662. The Morgan fingerprint density at radius 1 is 1.62 bits per heavy atom. The third kappa shape index (κ3) is 2.68. The van der Waals surface area contributed by atoms with Gasteiger partial charge in [-0.3, -0.25) is 5.32 Å². The molecule has 1 amide bonds. The molecular formula is C13H16BrN5O2. The zero-order chi connectivity index (χ0) is 15.0. The molecule has 8 heteroatoms. The van der Waals surface area contributed by atoms with Crippen molar-refractivity contribution in [2.75, 3.05) is 23.3 Å². The lowest BCUT2D eigenvalue weighted by molar-refractivity contribution is 0.210. The summed E-state index contributed by atoms with van der Waals surface area (Å²) in [6, 6.07) is 0.128. The number of rotatable bonds is 2. The highest BCUT2D eigenvalue weighted by Crippen LogP contribution is 2.38. The lowest BCUT2D eigenvalue weighted by Crippen LogP contribution is -2.43. The van der Waals surface area contributed by atoms with Crippen LogP contribution < -0.4 is 16.0 Å². The maximum atomic E-state index is 10.9. The number of nitrogens with one attached hydrogen (secondary N) is 2. The van der Waals surface area contributed by atoms with Gasteiger partial charge in [-0.15, -0.1) is 0 Å². The Morgan fingerprint density at radius 3 is 3.14 bits per heavy atom. The van der Waals surface area contributed by atoms with Crippen molar-refractivity contribution in [1.82, 2.24) is 9.97 Å². The van der Waals surface area contributed by atoms with Crippen molar-refractivity contribution < 1.29 is 9.90 Å². The lowest BCUT2D eigenvalue weighted by Gasteiger charge is -2.33. The fourth-order valence-corrected chi connectivity index (χ4v) is 3.34. The van der Waals surface area contributed by atoms with Crippen LogP contribution in [0.25, 0.3) is 11.0 Å². The molecule has 5 N–H and O–H groups in total. The maximum absolute atomic E-state index is 10.9. The fourth-order valence-electron chi connectivity index (χ4n) is 2.79. The van der Waals surface area contributed by atoms with E-state index in [1.54, 1.807) is 12.4 Å². The molecular weight excluding hydrogens is 338 g/mol. The van der Waals surface area contributed by atoms with Crippen LogP contribution in [0.4, 0.5) is 16.2 Å². The van der Waals surface area contributed by atoms with E-state index in [2.05, 4.69) is 36.1 Å². The van der Waals surface area contributed by atoms with E-state index in [0.29, 0.717) is 11.3 Å². The predicted octanol–water partition coefficient (Wildman–Crippen LogP) is 2.34. The lowest BCUT2D eigenvalue weighted by atomic mass is 10.1. The van der Waals surface area contributed by atoms with Crippen LogP contribution in [0.15, 0.2) is 16.9 Å². The molecule has 0 bridgehead atoms. The molecule has 21 heavy (non-hydrogen) atoms. The van der Waals surface area contributed by atoms with Gasteiger partial charge in [-0.1, -0.05) is 0 Å². The smallest absolute Gasteiger partial charge is 0.409 e. The van der Waals surface area contributed by atoms with Gasteiger partial charge in [0.15, 0.2) is 0 Å². The number of nitrogens with zero attached hydrogens (tertiary/aromatic N) is 2. The molecule has 1 aliphatic rings. The number of halogens is 1. The van der Waals surface area contributed by atoms with Crippen molar-refractivity contribution in [3.8, 4) is 0 Å². The van der Waals surface area contributed by atoms with Gasteiger partial charge < -0.3 is 20.7 Å². The first-order valence-electron chi connectivity index (χ1n) is 6.72. The van der Waals surface area contributed by atoms with Crippen LogP contribution in [0.1, 0.15) is 12.8 Å². The van der Waals surface area contributed by atoms with Gasteiger partial charge in [-0.05, 0) is 28.8 Å². The van der Waals surface area contributed by atoms with Gasteiger partial charge in [0, 0.05) is 31.5 Å². The number of anilines is 2. The summed E-state index contributed by atoms with van der Waals surface area (Å²) in [5, 5.41) is 12.1. The fraction of sp³-hybridized carbons (Fsp3) is 0.385. The molecule has 3 rings (SSSR count). The number of aromatic nitrogens is 2. The van der Waals surface area contributed by atoms with Crippen LogP contribution in [0, 0.1) is 0 Å². The highest BCUT2D eigenvalue weighted by Gasteiger charge is 2.23.